The molecule has 1 aromatic carbocycles. The summed E-state index contributed by atoms with van der Waals surface area (Å²) in [5, 5.41) is 5.87. The van der Waals surface area contributed by atoms with Gasteiger partial charge in [-0.05, 0) is 48.8 Å². The molecule has 1 aliphatic carbocycles. The minimum Gasteiger partial charge on any atom is -0.496 e. The molecule has 0 bridgehead atoms. The number of rotatable bonds is 5. The number of hydrogen-bond donors (Lipinski definition) is 1. The van der Waals surface area contributed by atoms with Crippen LogP contribution in [0.15, 0.2) is 41.8 Å². The summed E-state index contributed by atoms with van der Waals surface area (Å²) in [6.07, 6.45) is 2.41. The molecule has 1 fully saturated rings. The van der Waals surface area contributed by atoms with Crippen molar-refractivity contribution in [1.82, 2.24) is 5.32 Å². The van der Waals surface area contributed by atoms with Gasteiger partial charge in [-0.15, -0.1) is 11.3 Å². The minimum absolute atomic E-state index is 0.457. The van der Waals surface area contributed by atoms with Gasteiger partial charge in [0.1, 0.15) is 5.75 Å². The lowest BCUT2D eigenvalue weighted by molar-refractivity contribution is 0.266. The molecule has 1 aliphatic rings. The van der Waals surface area contributed by atoms with Crippen molar-refractivity contribution in [3.05, 3.63) is 52.2 Å². The lowest BCUT2D eigenvalue weighted by atomic mass is 9.75. The maximum atomic E-state index is 5.46. The molecule has 3 heteroatoms. The summed E-state index contributed by atoms with van der Waals surface area (Å²) < 4.78 is 5.46. The average molecular weight is 287 g/mol. The fourth-order valence-electron chi connectivity index (χ4n) is 2.98. The average Bonchev–Trinajstić information content (AvgIpc) is 2.96. The fourth-order valence-corrected chi connectivity index (χ4v) is 3.73. The second-order valence-electron chi connectivity index (χ2n) is 5.51. The standard InChI is InChI=1S/C17H21NOS/c1-12(17-8-5-9-20-17)18-14-10-13(11-14)15-6-3-4-7-16(15)19-2/h3-9,12-14,18H,10-11H2,1-2H3. The van der Waals surface area contributed by atoms with Crippen LogP contribution in [0.2, 0.25) is 0 Å². The summed E-state index contributed by atoms with van der Waals surface area (Å²) in [4.78, 5) is 1.42. The molecule has 20 heavy (non-hydrogen) atoms. The van der Waals surface area contributed by atoms with Gasteiger partial charge in [-0.3, -0.25) is 0 Å². The van der Waals surface area contributed by atoms with E-state index in [-0.39, 0.29) is 0 Å². The van der Waals surface area contributed by atoms with Crippen LogP contribution in [0.5, 0.6) is 5.75 Å². The molecule has 1 aromatic heterocycles. The number of nitrogens with one attached hydrogen (secondary N) is 1. The first-order valence-electron chi connectivity index (χ1n) is 7.20. The molecule has 0 saturated heterocycles. The monoisotopic (exact) mass is 287 g/mol. The number of benzene rings is 1. The van der Waals surface area contributed by atoms with Crippen LogP contribution in [0.25, 0.3) is 0 Å². The fraction of sp³-hybridized carbons (Fsp3) is 0.412. The zero-order valence-electron chi connectivity index (χ0n) is 12.0. The van der Waals surface area contributed by atoms with Crippen LogP contribution in [-0.2, 0) is 0 Å². The zero-order chi connectivity index (χ0) is 13.9. The first-order chi connectivity index (χ1) is 9.78. The van der Waals surface area contributed by atoms with Crippen LogP contribution in [0, 0.1) is 0 Å². The summed E-state index contributed by atoms with van der Waals surface area (Å²) in [6, 6.07) is 13.8. The summed E-state index contributed by atoms with van der Waals surface area (Å²) in [5.74, 6) is 1.67. The van der Waals surface area contributed by atoms with Crippen LogP contribution < -0.4 is 10.1 Å². The highest BCUT2D eigenvalue weighted by Crippen LogP contribution is 2.41. The Morgan fingerprint density at radius 1 is 1.20 bits per heavy atom. The topological polar surface area (TPSA) is 21.3 Å². The van der Waals surface area contributed by atoms with E-state index in [0.717, 1.165) is 5.75 Å². The molecule has 3 rings (SSSR count). The minimum atomic E-state index is 0.457. The predicted molar refractivity (Wildman–Crippen MR) is 84.6 cm³/mol. The van der Waals surface area contributed by atoms with Gasteiger partial charge >= 0.3 is 0 Å². The van der Waals surface area contributed by atoms with Crippen molar-refractivity contribution in [3.63, 3.8) is 0 Å². The Balaban J connectivity index is 1.56. The van der Waals surface area contributed by atoms with E-state index in [1.165, 1.54) is 23.3 Å². The molecule has 1 saturated carbocycles. The number of thiophene rings is 1. The van der Waals surface area contributed by atoms with Gasteiger partial charge in [0, 0.05) is 17.0 Å². The molecule has 106 valence electrons. The molecule has 1 heterocycles. The summed E-state index contributed by atoms with van der Waals surface area (Å²) in [7, 11) is 1.76. The molecule has 0 spiro atoms. The van der Waals surface area contributed by atoms with Crippen molar-refractivity contribution in [1.29, 1.82) is 0 Å². The van der Waals surface area contributed by atoms with Crippen LogP contribution in [0.4, 0.5) is 0 Å². The summed E-state index contributed by atoms with van der Waals surface area (Å²) in [5.41, 5.74) is 1.36. The van der Waals surface area contributed by atoms with Crippen molar-refractivity contribution >= 4 is 11.3 Å². The zero-order valence-corrected chi connectivity index (χ0v) is 12.8. The second kappa shape index (κ2) is 5.98. The van der Waals surface area contributed by atoms with Crippen molar-refractivity contribution < 1.29 is 4.74 Å². The smallest absolute Gasteiger partial charge is 0.122 e. The number of para-hydroxylation sites is 1. The number of methoxy groups -OCH3 is 1. The third kappa shape index (κ3) is 2.74. The molecule has 0 amide bonds. The third-order valence-electron chi connectivity index (χ3n) is 4.17. The summed E-state index contributed by atoms with van der Waals surface area (Å²) in [6.45, 7) is 2.25. The normalized spacial score (nSPS) is 23.1. The van der Waals surface area contributed by atoms with Crippen LogP contribution in [-0.4, -0.2) is 13.2 Å². The van der Waals surface area contributed by atoms with Gasteiger partial charge in [0.15, 0.2) is 0 Å². The molecule has 2 aromatic rings. The molecule has 1 unspecified atom stereocenters. The van der Waals surface area contributed by atoms with E-state index in [2.05, 4.69) is 48.0 Å². The highest BCUT2D eigenvalue weighted by atomic mass is 32.1. The van der Waals surface area contributed by atoms with E-state index in [9.17, 15) is 0 Å². The largest absolute Gasteiger partial charge is 0.496 e. The Hall–Kier alpha value is -1.32. The van der Waals surface area contributed by atoms with Crippen LogP contribution in [0.3, 0.4) is 0 Å². The van der Waals surface area contributed by atoms with Crippen molar-refractivity contribution in [2.45, 2.75) is 37.8 Å². The van der Waals surface area contributed by atoms with E-state index < -0.39 is 0 Å². The SMILES string of the molecule is COc1ccccc1C1CC(NC(C)c2cccs2)C1. The second-order valence-corrected chi connectivity index (χ2v) is 6.49. The third-order valence-corrected chi connectivity index (χ3v) is 5.23. The molecular formula is C17H21NOS. The van der Waals surface area contributed by atoms with Gasteiger partial charge < -0.3 is 10.1 Å². The highest BCUT2D eigenvalue weighted by Gasteiger charge is 2.32. The molecule has 0 radical (unpaired) electrons. The summed E-state index contributed by atoms with van der Waals surface area (Å²) >= 11 is 1.83. The van der Waals surface area contributed by atoms with Crippen molar-refractivity contribution in [3.8, 4) is 5.75 Å². The van der Waals surface area contributed by atoms with Gasteiger partial charge in [-0.2, -0.15) is 0 Å². The lowest BCUT2D eigenvalue weighted by Crippen LogP contribution is -2.41. The molecule has 0 aliphatic heterocycles. The van der Waals surface area contributed by atoms with Gasteiger partial charge in [-0.25, -0.2) is 0 Å². The molecule has 2 nitrogen and oxygen atoms in total. The van der Waals surface area contributed by atoms with Gasteiger partial charge in [-0.1, -0.05) is 24.3 Å². The predicted octanol–water partition coefficient (Wildman–Crippen LogP) is 4.35. The maximum Gasteiger partial charge on any atom is 0.122 e. The van der Waals surface area contributed by atoms with Gasteiger partial charge in [0.25, 0.3) is 0 Å². The first kappa shape index (κ1) is 13.7. The Labute approximate surface area is 124 Å². The van der Waals surface area contributed by atoms with Crippen LogP contribution in [0.1, 0.15) is 42.2 Å². The van der Waals surface area contributed by atoms with E-state index in [1.54, 1.807) is 7.11 Å². The van der Waals surface area contributed by atoms with E-state index in [0.29, 0.717) is 18.0 Å². The number of ether oxygens (including phenoxy) is 1. The van der Waals surface area contributed by atoms with E-state index in [1.807, 2.05) is 17.4 Å². The Bertz CT molecular complexity index is 546. The van der Waals surface area contributed by atoms with Crippen molar-refractivity contribution in [2.24, 2.45) is 0 Å². The van der Waals surface area contributed by atoms with Gasteiger partial charge in [0.05, 0.1) is 7.11 Å². The Morgan fingerprint density at radius 2 is 2.00 bits per heavy atom. The molecule has 1 atom stereocenters. The molecule has 1 N–H and O–H groups in total. The maximum absolute atomic E-state index is 5.46. The lowest BCUT2D eigenvalue weighted by Gasteiger charge is -2.38. The highest BCUT2D eigenvalue weighted by molar-refractivity contribution is 7.10. The Kier molecular flexibility index (Phi) is 4.08. The molecular weight excluding hydrogens is 266 g/mol. The quantitative estimate of drug-likeness (QED) is 0.882. The van der Waals surface area contributed by atoms with Crippen LogP contribution >= 0.6 is 11.3 Å². The first-order valence-corrected chi connectivity index (χ1v) is 8.08. The Morgan fingerprint density at radius 3 is 2.70 bits per heavy atom. The van der Waals surface area contributed by atoms with E-state index >= 15 is 0 Å². The van der Waals surface area contributed by atoms with Crippen molar-refractivity contribution in [2.75, 3.05) is 7.11 Å². The van der Waals surface area contributed by atoms with E-state index in [4.69, 9.17) is 4.74 Å². The van der Waals surface area contributed by atoms with Gasteiger partial charge in [0.2, 0.25) is 0 Å². The number of hydrogen-bond acceptors (Lipinski definition) is 3.